The molecule has 0 aliphatic rings. The summed E-state index contributed by atoms with van der Waals surface area (Å²) in [4.78, 5) is 37.9. The summed E-state index contributed by atoms with van der Waals surface area (Å²) >= 11 is 0. The van der Waals surface area contributed by atoms with Crippen LogP contribution in [0.5, 0.6) is 0 Å². The monoisotopic (exact) mass is 909 g/mol. The molecule has 0 spiro atoms. The van der Waals surface area contributed by atoms with Gasteiger partial charge >= 0.3 is 17.9 Å². The van der Waals surface area contributed by atoms with E-state index in [4.69, 9.17) is 14.2 Å². The van der Waals surface area contributed by atoms with E-state index in [0.717, 1.165) is 89.9 Å². The summed E-state index contributed by atoms with van der Waals surface area (Å²) in [6, 6.07) is 0. The number of carbonyl (C=O) groups is 3. The van der Waals surface area contributed by atoms with E-state index in [0.29, 0.717) is 19.3 Å². The topological polar surface area (TPSA) is 78.9 Å². The standard InChI is InChI=1S/C59H104O6/c1-4-7-10-13-16-19-22-23-24-25-26-27-28-29-30-31-32-33-34-35-38-40-43-46-49-52-58(61)64-55-56(65-59(62)53-50-47-44-41-37-21-18-15-12-9-6-3)54-63-57(60)51-48-45-42-39-36-20-17-14-11-8-5-2/h14-15,17-18,22-23,25-26,28-29,56H,4-13,16,19-21,24,27,30-55H2,1-3H3/b17-14-,18-15-,23-22-,26-25-,29-28-. The van der Waals surface area contributed by atoms with E-state index < -0.39 is 6.10 Å². The van der Waals surface area contributed by atoms with Crippen molar-refractivity contribution in [3.05, 3.63) is 60.8 Å². The normalized spacial score (nSPS) is 12.5. The van der Waals surface area contributed by atoms with Crippen molar-refractivity contribution in [1.82, 2.24) is 0 Å². The van der Waals surface area contributed by atoms with Gasteiger partial charge in [-0.05, 0) is 96.3 Å². The van der Waals surface area contributed by atoms with Crippen molar-refractivity contribution < 1.29 is 28.6 Å². The zero-order valence-electron chi connectivity index (χ0n) is 43.0. The second-order valence-corrected chi connectivity index (χ2v) is 18.5. The molecule has 0 saturated carbocycles. The van der Waals surface area contributed by atoms with Crippen LogP contribution in [0.1, 0.15) is 278 Å². The lowest BCUT2D eigenvalue weighted by molar-refractivity contribution is -0.167. The molecule has 6 nitrogen and oxygen atoms in total. The number of hydrogen-bond donors (Lipinski definition) is 0. The lowest BCUT2D eigenvalue weighted by Gasteiger charge is -2.18. The minimum Gasteiger partial charge on any atom is -0.462 e. The highest BCUT2D eigenvalue weighted by atomic mass is 16.6. The minimum atomic E-state index is -0.781. The van der Waals surface area contributed by atoms with Crippen molar-refractivity contribution in [3.8, 4) is 0 Å². The first-order valence-electron chi connectivity index (χ1n) is 27.8. The zero-order chi connectivity index (χ0) is 47.2. The van der Waals surface area contributed by atoms with Gasteiger partial charge in [0.1, 0.15) is 13.2 Å². The number of allylic oxidation sites excluding steroid dienone is 10. The van der Waals surface area contributed by atoms with E-state index in [1.54, 1.807) is 0 Å². The van der Waals surface area contributed by atoms with Crippen LogP contribution in [0.15, 0.2) is 60.8 Å². The third-order valence-electron chi connectivity index (χ3n) is 12.0. The Morgan fingerprint density at radius 3 is 0.923 bits per heavy atom. The van der Waals surface area contributed by atoms with E-state index in [9.17, 15) is 14.4 Å². The molecule has 0 rings (SSSR count). The fourth-order valence-corrected chi connectivity index (χ4v) is 7.71. The van der Waals surface area contributed by atoms with E-state index in [-0.39, 0.29) is 31.1 Å². The van der Waals surface area contributed by atoms with Gasteiger partial charge in [0.15, 0.2) is 6.10 Å². The van der Waals surface area contributed by atoms with Crippen molar-refractivity contribution in [3.63, 3.8) is 0 Å². The summed E-state index contributed by atoms with van der Waals surface area (Å²) in [5.74, 6) is -0.901. The van der Waals surface area contributed by atoms with Gasteiger partial charge < -0.3 is 14.2 Å². The molecule has 0 heterocycles. The third kappa shape index (κ3) is 51.9. The highest BCUT2D eigenvalue weighted by Crippen LogP contribution is 2.15. The van der Waals surface area contributed by atoms with Crippen LogP contribution in [-0.4, -0.2) is 37.2 Å². The average Bonchev–Trinajstić information content (AvgIpc) is 3.30. The highest BCUT2D eigenvalue weighted by Gasteiger charge is 2.19. The molecule has 0 amide bonds. The maximum absolute atomic E-state index is 12.8. The van der Waals surface area contributed by atoms with Crippen molar-refractivity contribution >= 4 is 17.9 Å². The smallest absolute Gasteiger partial charge is 0.306 e. The van der Waals surface area contributed by atoms with E-state index in [1.165, 1.54) is 148 Å². The third-order valence-corrected chi connectivity index (χ3v) is 12.0. The molecule has 0 aliphatic carbocycles. The average molecular weight is 909 g/mol. The summed E-state index contributed by atoms with van der Waals surface area (Å²) in [6.45, 7) is 6.54. The molecule has 376 valence electrons. The van der Waals surface area contributed by atoms with Gasteiger partial charge in [-0.25, -0.2) is 0 Å². The molecule has 1 unspecified atom stereocenters. The van der Waals surface area contributed by atoms with Crippen molar-refractivity contribution in [2.75, 3.05) is 13.2 Å². The second-order valence-electron chi connectivity index (χ2n) is 18.5. The van der Waals surface area contributed by atoms with Crippen LogP contribution in [-0.2, 0) is 28.6 Å². The van der Waals surface area contributed by atoms with Gasteiger partial charge in [-0.1, -0.05) is 223 Å². The van der Waals surface area contributed by atoms with Crippen LogP contribution < -0.4 is 0 Å². The largest absolute Gasteiger partial charge is 0.462 e. The van der Waals surface area contributed by atoms with Crippen LogP contribution >= 0.6 is 0 Å². The Morgan fingerprint density at radius 1 is 0.308 bits per heavy atom. The van der Waals surface area contributed by atoms with E-state index in [1.807, 2.05) is 0 Å². The van der Waals surface area contributed by atoms with Gasteiger partial charge in [0, 0.05) is 19.3 Å². The Labute approximate surface area is 402 Å². The molecule has 0 saturated heterocycles. The molecule has 6 heteroatoms. The number of rotatable bonds is 50. The van der Waals surface area contributed by atoms with Gasteiger partial charge in [-0.3, -0.25) is 14.4 Å². The number of unbranched alkanes of at least 4 members (excludes halogenated alkanes) is 29. The first-order chi connectivity index (χ1) is 32.0. The summed E-state index contributed by atoms with van der Waals surface area (Å²) in [7, 11) is 0. The molecule has 0 aromatic carbocycles. The van der Waals surface area contributed by atoms with Gasteiger partial charge in [0.25, 0.3) is 0 Å². The van der Waals surface area contributed by atoms with Crippen LogP contribution in [0.3, 0.4) is 0 Å². The fraction of sp³-hybridized carbons (Fsp3) is 0.780. The summed E-state index contributed by atoms with van der Waals surface area (Å²) < 4.78 is 16.8. The lowest BCUT2D eigenvalue weighted by Crippen LogP contribution is -2.30. The predicted octanol–water partition coefficient (Wildman–Crippen LogP) is 18.4. The Kier molecular flexibility index (Phi) is 51.3. The first kappa shape index (κ1) is 62.1. The molecule has 65 heavy (non-hydrogen) atoms. The van der Waals surface area contributed by atoms with Gasteiger partial charge in [-0.15, -0.1) is 0 Å². The molecule has 0 fully saturated rings. The Balaban J connectivity index is 4.22. The molecule has 0 N–H and O–H groups in total. The number of ether oxygens (including phenoxy) is 3. The number of hydrogen-bond acceptors (Lipinski definition) is 6. The molecule has 0 aliphatic heterocycles. The van der Waals surface area contributed by atoms with Crippen molar-refractivity contribution in [2.45, 2.75) is 284 Å². The summed E-state index contributed by atoms with van der Waals surface area (Å²) in [6.07, 6.45) is 66.5. The van der Waals surface area contributed by atoms with Crippen LogP contribution in [0.2, 0.25) is 0 Å². The quantitative estimate of drug-likeness (QED) is 0.0262. The molecule has 0 bridgehead atoms. The molecule has 0 aromatic heterocycles. The van der Waals surface area contributed by atoms with Gasteiger partial charge in [0.05, 0.1) is 0 Å². The van der Waals surface area contributed by atoms with E-state index in [2.05, 4.69) is 81.5 Å². The van der Waals surface area contributed by atoms with Crippen molar-refractivity contribution in [2.24, 2.45) is 0 Å². The highest BCUT2D eigenvalue weighted by molar-refractivity contribution is 5.71. The van der Waals surface area contributed by atoms with Crippen LogP contribution in [0.4, 0.5) is 0 Å². The lowest BCUT2D eigenvalue weighted by atomic mass is 10.1. The summed E-state index contributed by atoms with van der Waals surface area (Å²) in [5.41, 5.74) is 0. The van der Waals surface area contributed by atoms with Gasteiger partial charge in [-0.2, -0.15) is 0 Å². The Bertz CT molecular complexity index is 1180. The maximum atomic E-state index is 12.8. The SMILES string of the molecule is CCCC/C=C\CCCCCCCC(=O)OCC(COC(=O)CCCCCCCCCCCC/C=C\C/C=C\C/C=C\CCCCCCC)OC(=O)CCCCCCC/C=C\CCCC. The zero-order valence-corrected chi connectivity index (χ0v) is 43.0. The van der Waals surface area contributed by atoms with Crippen LogP contribution in [0.25, 0.3) is 0 Å². The summed E-state index contributed by atoms with van der Waals surface area (Å²) in [5, 5.41) is 0. The number of esters is 3. The Morgan fingerprint density at radius 2 is 0.569 bits per heavy atom. The fourth-order valence-electron chi connectivity index (χ4n) is 7.71. The predicted molar refractivity (Wildman–Crippen MR) is 279 cm³/mol. The molecular weight excluding hydrogens is 805 g/mol. The maximum Gasteiger partial charge on any atom is 0.306 e. The minimum absolute atomic E-state index is 0.0818. The molecule has 1 atom stereocenters. The molecular formula is C59H104O6. The molecule has 0 radical (unpaired) electrons. The Hall–Kier alpha value is -2.89. The second kappa shape index (κ2) is 53.7. The van der Waals surface area contributed by atoms with E-state index >= 15 is 0 Å². The first-order valence-corrected chi connectivity index (χ1v) is 27.8. The number of carbonyl (C=O) groups excluding carboxylic acids is 3. The van der Waals surface area contributed by atoms with Crippen molar-refractivity contribution in [1.29, 1.82) is 0 Å². The molecule has 0 aromatic rings. The van der Waals surface area contributed by atoms with Crippen LogP contribution in [0, 0.1) is 0 Å². The van der Waals surface area contributed by atoms with Gasteiger partial charge in [0.2, 0.25) is 0 Å².